The molecule has 1 aromatic heterocycles. The van der Waals surface area contributed by atoms with Crippen LogP contribution < -0.4 is 4.90 Å². The zero-order valence-electron chi connectivity index (χ0n) is 19.2. The number of hydrogen-bond donors (Lipinski definition) is 0. The molecule has 0 atom stereocenters. The SMILES string of the molecule is C=CC(=O)N1CCN(c2c3ccc(-c4cccc(F)c4)cc3nn2Cc2ccc(C#N)cc2)CC1. The van der Waals surface area contributed by atoms with Crippen LogP contribution in [0.1, 0.15) is 11.1 Å². The minimum atomic E-state index is -0.276. The summed E-state index contributed by atoms with van der Waals surface area (Å²) in [5.74, 6) is 0.655. The third kappa shape index (κ3) is 4.51. The molecule has 6 nitrogen and oxygen atoms in total. The monoisotopic (exact) mass is 465 g/mol. The average Bonchev–Trinajstić information content (AvgIpc) is 3.25. The van der Waals surface area contributed by atoms with Gasteiger partial charge in [-0.05, 0) is 59.2 Å². The van der Waals surface area contributed by atoms with Crippen LogP contribution in [0.3, 0.4) is 0 Å². The van der Waals surface area contributed by atoms with Gasteiger partial charge in [0.25, 0.3) is 0 Å². The maximum absolute atomic E-state index is 13.8. The number of hydrogen-bond acceptors (Lipinski definition) is 4. The highest BCUT2D eigenvalue weighted by atomic mass is 19.1. The van der Waals surface area contributed by atoms with E-state index in [2.05, 4.69) is 17.5 Å². The van der Waals surface area contributed by atoms with Gasteiger partial charge in [-0.15, -0.1) is 0 Å². The maximum Gasteiger partial charge on any atom is 0.246 e. The van der Waals surface area contributed by atoms with E-state index in [4.69, 9.17) is 10.4 Å². The number of amides is 1. The Kier molecular flexibility index (Phi) is 6.02. The molecule has 2 heterocycles. The molecule has 5 rings (SSSR count). The van der Waals surface area contributed by atoms with Crippen LogP contribution in [0.2, 0.25) is 0 Å². The molecule has 0 aliphatic carbocycles. The topological polar surface area (TPSA) is 65.2 Å². The van der Waals surface area contributed by atoms with Crippen molar-refractivity contribution in [2.24, 2.45) is 0 Å². The van der Waals surface area contributed by atoms with Gasteiger partial charge in [0.1, 0.15) is 11.6 Å². The highest BCUT2D eigenvalue weighted by Gasteiger charge is 2.24. The van der Waals surface area contributed by atoms with Crippen LogP contribution in [-0.4, -0.2) is 46.8 Å². The number of carbonyl (C=O) groups excluding carboxylic acids is 1. The molecule has 174 valence electrons. The number of rotatable bonds is 5. The quantitative estimate of drug-likeness (QED) is 0.404. The van der Waals surface area contributed by atoms with Crippen LogP contribution in [0.5, 0.6) is 0 Å². The Hall–Kier alpha value is -4.44. The van der Waals surface area contributed by atoms with Gasteiger partial charge in [0.15, 0.2) is 0 Å². The van der Waals surface area contributed by atoms with E-state index in [0.29, 0.717) is 38.3 Å². The van der Waals surface area contributed by atoms with E-state index in [0.717, 1.165) is 33.4 Å². The van der Waals surface area contributed by atoms with Gasteiger partial charge in [0, 0.05) is 31.6 Å². The van der Waals surface area contributed by atoms with Crippen molar-refractivity contribution in [3.05, 3.63) is 96.3 Å². The fourth-order valence-corrected chi connectivity index (χ4v) is 4.54. The van der Waals surface area contributed by atoms with Gasteiger partial charge in [-0.25, -0.2) is 9.07 Å². The predicted molar refractivity (Wildman–Crippen MR) is 134 cm³/mol. The van der Waals surface area contributed by atoms with E-state index in [1.807, 2.05) is 41.1 Å². The standard InChI is InChI=1S/C28H24FN5O/c1-2-27(35)32-12-14-33(15-13-32)28-25-11-10-23(22-4-3-5-24(29)16-22)17-26(25)31-34(28)19-21-8-6-20(18-30)7-9-21/h2-11,16-17H,1,12-15,19H2. The van der Waals surface area contributed by atoms with Gasteiger partial charge in [-0.3, -0.25) is 4.79 Å². The molecule has 0 saturated carbocycles. The summed E-state index contributed by atoms with van der Waals surface area (Å²) < 4.78 is 15.8. The lowest BCUT2D eigenvalue weighted by Crippen LogP contribution is -2.49. The highest BCUT2D eigenvalue weighted by Crippen LogP contribution is 2.32. The molecule has 0 bridgehead atoms. The molecule has 0 N–H and O–H groups in total. The van der Waals surface area contributed by atoms with E-state index < -0.39 is 0 Å². The first-order chi connectivity index (χ1) is 17.1. The van der Waals surface area contributed by atoms with Crippen molar-refractivity contribution in [2.45, 2.75) is 6.54 Å². The maximum atomic E-state index is 13.8. The lowest BCUT2D eigenvalue weighted by molar-refractivity contribution is -0.126. The van der Waals surface area contributed by atoms with Crippen molar-refractivity contribution in [3.8, 4) is 17.2 Å². The van der Waals surface area contributed by atoms with Crippen LogP contribution in [0, 0.1) is 17.1 Å². The number of halogens is 1. The summed E-state index contributed by atoms with van der Waals surface area (Å²) in [5, 5.41) is 15.0. The highest BCUT2D eigenvalue weighted by molar-refractivity contribution is 5.94. The van der Waals surface area contributed by atoms with Gasteiger partial charge in [-0.1, -0.05) is 36.9 Å². The van der Waals surface area contributed by atoms with Gasteiger partial charge in [0.2, 0.25) is 5.91 Å². The van der Waals surface area contributed by atoms with E-state index >= 15 is 0 Å². The number of nitriles is 1. The third-order valence-electron chi connectivity index (χ3n) is 6.35. The van der Waals surface area contributed by atoms with Crippen molar-refractivity contribution >= 4 is 22.6 Å². The molecular formula is C28H24FN5O. The minimum absolute atomic E-state index is 0.0552. The van der Waals surface area contributed by atoms with Gasteiger partial charge in [0.05, 0.1) is 23.7 Å². The lowest BCUT2D eigenvalue weighted by Gasteiger charge is -2.35. The van der Waals surface area contributed by atoms with E-state index in [9.17, 15) is 9.18 Å². The number of fused-ring (bicyclic) bond motifs is 1. The summed E-state index contributed by atoms with van der Waals surface area (Å²) in [6.45, 7) is 6.71. The average molecular weight is 466 g/mol. The smallest absolute Gasteiger partial charge is 0.246 e. The van der Waals surface area contributed by atoms with Crippen molar-refractivity contribution in [2.75, 3.05) is 31.1 Å². The van der Waals surface area contributed by atoms with Crippen LogP contribution in [0.4, 0.5) is 10.2 Å². The second-order valence-corrected chi connectivity index (χ2v) is 8.55. The van der Waals surface area contributed by atoms with Crippen LogP contribution in [0.25, 0.3) is 22.0 Å². The number of carbonyl (C=O) groups is 1. The Balaban J connectivity index is 1.54. The molecule has 0 spiro atoms. The summed E-state index contributed by atoms with van der Waals surface area (Å²) in [7, 11) is 0. The Morgan fingerprint density at radius 1 is 1.03 bits per heavy atom. The van der Waals surface area contributed by atoms with Crippen molar-refractivity contribution in [1.82, 2.24) is 14.7 Å². The Labute approximate surface area is 203 Å². The van der Waals surface area contributed by atoms with E-state index in [1.165, 1.54) is 18.2 Å². The van der Waals surface area contributed by atoms with E-state index in [-0.39, 0.29) is 11.7 Å². The van der Waals surface area contributed by atoms with Crippen LogP contribution in [0.15, 0.2) is 79.4 Å². The second-order valence-electron chi connectivity index (χ2n) is 8.55. The predicted octanol–water partition coefficient (Wildman–Crippen LogP) is 4.60. The summed E-state index contributed by atoms with van der Waals surface area (Å²) >= 11 is 0. The minimum Gasteiger partial charge on any atom is -0.353 e. The Bertz CT molecular complexity index is 1440. The normalized spacial score (nSPS) is 13.6. The van der Waals surface area contributed by atoms with Crippen molar-refractivity contribution < 1.29 is 9.18 Å². The van der Waals surface area contributed by atoms with Crippen LogP contribution >= 0.6 is 0 Å². The summed E-state index contributed by atoms with van der Waals surface area (Å²) in [6.07, 6.45) is 1.36. The number of aromatic nitrogens is 2. The Morgan fingerprint density at radius 2 is 1.77 bits per heavy atom. The first kappa shape index (κ1) is 22.4. The molecule has 4 aromatic rings. The fraction of sp³-hybridized carbons (Fsp3) is 0.179. The molecule has 3 aromatic carbocycles. The number of anilines is 1. The van der Waals surface area contributed by atoms with Crippen LogP contribution in [-0.2, 0) is 11.3 Å². The van der Waals surface area contributed by atoms with Gasteiger partial charge < -0.3 is 9.80 Å². The largest absolute Gasteiger partial charge is 0.353 e. The lowest BCUT2D eigenvalue weighted by atomic mass is 10.0. The molecule has 1 aliphatic rings. The molecule has 1 amide bonds. The molecule has 1 aliphatic heterocycles. The first-order valence-electron chi connectivity index (χ1n) is 11.5. The number of nitrogens with zero attached hydrogens (tertiary/aromatic N) is 5. The molecule has 0 radical (unpaired) electrons. The van der Waals surface area contributed by atoms with Gasteiger partial charge >= 0.3 is 0 Å². The van der Waals surface area contributed by atoms with E-state index in [1.54, 1.807) is 23.1 Å². The van der Waals surface area contributed by atoms with Crippen molar-refractivity contribution in [3.63, 3.8) is 0 Å². The number of benzene rings is 3. The summed E-state index contributed by atoms with van der Waals surface area (Å²) in [4.78, 5) is 16.1. The van der Waals surface area contributed by atoms with Gasteiger partial charge in [-0.2, -0.15) is 10.4 Å². The number of piperazine rings is 1. The summed E-state index contributed by atoms with van der Waals surface area (Å²) in [5.41, 5.74) is 4.16. The molecule has 1 saturated heterocycles. The second kappa shape index (κ2) is 9.43. The Morgan fingerprint density at radius 3 is 2.46 bits per heavy atom. The first-order valence-corrected chi connectivity index (χ1v) is 11.5. The molecule has 7 heteroatoms. The fourth-order valence-electron chi connectivity index (χ4n) is 4.54. The zero-order valence-corrected chi connectivity index (χ0v) is 19.2. The third-order valence-corrected chi connectivity index (χ3v) is 6.35. The summed E-state index contributed by atoms with van der Waals surface area (Å²) in [6, 6.07) is 22.2. The molecule has 1 fully saturated rings. The molecular weight excluding hydrogens is 441 g/mol. The van der Waals surface area contributed by atoms with Crippen molar-refractivity contribution in [1.29, 1.82) is 5.26 Å². The molecule has 0 unspecified atom stereocenters. The zero-order chi connectivity index (χ0) is 24.4. The molecule has 35 heavy (non-hydrogen) atoms.